The molecule has 1 saturated carbocycles. The van der Waals surface area contributed by atoms with Gasteiger partial charge in [-0.05, 0) is 43.7 Å². The Bertz CT molecular complexity index is 569. The van der Waals surface area contributed by atoms with Gasteiger partial charge in [0.05, 0.1) is 16.7 Å². The van der Waals surface area contributed by atoms with Gasteiger partial charge in [-0.15, -0.1) is 0 Å². The molecular weight excluding hydrogens is 300 g/mol. The van der Waals surface area contributed by atoms with E-state index < -0.39 is 15.6 Å². The SMILES string of the molecule is O=S(=O)(c1ccccc1NCC1CCC(O)CC1)C(F)F. The van der Waals surface area contributed by atoms with Crippen molar-refractivity contribution in [3.8, 4) is 0 Å². The average molecular weight is 319 g/mol. The van der Waals surface area contributed by atoms with Crippen LogP contribution >= 0.6 is 0 Å². The Hall–Kier alpha value is -1.21. The summed E-state index contributed by atoms with van der Waals surface area (Å²) in [6, 6.07) is 5.72. The van der Waals surface area contributed by atoms with Crippen molar-refractivity contribution in [2.24, 2.45) is 5.92 Å². The molecule has 1 aliphatic carbocycles. The van der Waals surface area contributed by atoms with Crippen molar-refractivity contribution in [1.82, 2.24) is 0 Å². The summed E-state index contributed by atoms with van der Waals surface area (Å²) in [6.07, 6.45) is 2.88. The maximum Gasteiger partial charge on any atom is 0.341 e. The van der Waals surface area contributed by atoms with E-state index in [1.165, 1.54) is 18.2 Å². The van der Waals surface area contributed by atoms with Crippen LogP contribution in [0.25, 0.3) is 0 Å². The van der Waals surface area contributed by atoms with Crippen molar-refractivity contribution in [3.05, 3.63) is 24.3 Å². The highest BCUT2D eigenvalue weighted by atomic mass is 32.2. The molecule has 2 rings (SSSR count). The van der Waals surface area contributed by atoms with E-state index in [-0.39, 0.29) is 16.7 Å². The number of hydrogen-bond acceptors (Lipinski definition) is 4. The van der Waals surface area contributed by atoms with E-state index in [4.69, 9.17) is 0 Å². The summed E-state index contributed by atoms with van der Waals surface area (Å²) >= 11 is 0. The molecule has 1 aromatic carbocycles. The minimum absolute atomic E-state index is 0.212. The minimum atomic E-state index is -4.61. The van der Waals surface area contributed by atoms with Crippen LogP contribution in [-0.2, 0) is 9.84 Å². The number of sulfone groups is 1. The average Bonchev–Trinajstić information content (AvgIpc) is 2.47. The molecule has 0 saturated heterocycles. The van der Waals surface area contributed by atoms with Crippen LogP contribution in [-0.4, -0.2) is 31.9 Å². The molecule has 0 aliphatic heterocycles. The topological polar surface area (TPSA) is 66.4 Å². The molecule has 0 aromatic heterocycles. The highest BCUT2D eigenvalue weighted by Crippen LogP contribution is 2.28. The van der Waals surface area contributed by atoms with Gasteiger partial charge in [-0.2, -0.15) is 8.78 Å². The van der Waals surface area contributed by atoms with Crippen molar-refractivity contribution in [1.29, 1.82) is 0 Å². The summed E-state index contributed by atoms with van der Waals surface area (Å²) in [6.45, 7) is 0.516. The summed E-state index contributed by atoms with van der Waals surface area (Å²) in [7, 11) is -4.61. The molecule has 0 radical (unpaired) electrons. The molecule has 1 aromatic rings. The lowest BCUT2D eigenvalue weighted by atomic mass is 9.87. The van der Waals surface area contributed by atoms with Gasteiger partial charge in [-0.1, -0.05) is 12.1 Å². The fourth-order valence-corrected chi connectivity index (χ4v) is 3.47. The Morgan fingerprint density at radius 3 is 2.43 bits per heavy atom. The number of halogens is 2. The third-order valence-electron chi connectivity index (χ3n) is 3.83. The van der Waals surface area contributed by atoms with Crippen molar-refractivity contribution < 1.29 is 22.3 Å². The van der Waals surface area contributed by atoms with Gasteiger partial charge >= 0.3 is 5.76 Å². The molecule has 0 bridgehead atoms. The summed E-state index contributed by atoms with van der Waals surface area (Å²) in [5, 5.41) is 12.4. The summed E-state index contributed by atoms with van der Waals surface area (Å²) < 4.78 is 48.6. The molecule has 118 valence electrons. The number of aliphatic hydroxyl groups is 1. The number of alkyl halides is 2. The van der Waals surface area contributed by atoms with Crippen LogP contribution in [0.4, 0.5) is 14.5 Å². The fourth-order valence-electron chi connectivity index (χ4n) is 2.56. The number of hydrogen-bond donors (Lipinski definition) is 2. The van der Waals surface area contributed by atoms with Crippen LogP contribution in [0.1, 0.15) is 25.7 Å². The van der Waals surface area contributed by atoms with E-state index in [1.54, 1.807) is 6.07 Å². The second-order valence-corrected chi connectivity index (χ2v) is 7.24. The lowest BCUT2D eigenvalue weighted by Gasteiger charge is -2.26. The second kappa shape index (κ2) is 6.70. The number of anilines is 1. The van der Waals surface area contributed by atoms with Crippen molar-refractivity contribution in [2.75, 3.05) is 11.9 Å². The van der Waals surface area contributed by atoms with E-state index in [1.807, 2.05) is 0 Å². The molecule has 0 unspecified atom stereocenters. The zero-order chi connectivity index (χ0) is 15.5. The molecule has 1 fully saturated rings. The van der Waals surface area contributed by atoms with Crippen molar-refractivity contribution in [2.45, 2.75) is 42.4 Å². The predicted molar refractivity (Wildman–Crippen MR) is 76.1 cm³/mol. The van der Waals surface area contributed by atoms with Gasteiger partial charge in [-0.25, -0.2) is 8.42 Å². The van der Waals surface area contributed by atoms with Gasteiger partial charge in [-0.3, -0.25) is 0 Å². The Kier molecular flexibility index (Phi) is 5.16. The second-order valence-electron chi connectivity index (χ2n) is 5.36. The number of aliphatic hydroxyl groups excluding tert-OH is 1. The van der Waals surface area contributed by atoms with Crippen LogP contribution in [0.2, 0.25) is 0 Å². The molecule has 1 aliphatic rings. The van der Waals surface area contributed by atoms with Gasteiger partial charge in [0.15, 0.2) is 0 Å². The zero-order valence-electron chi connectivity index (χ0n) is 11.5. The Labute approximate surface area is 123 Å². The normalized spacial score (nSPS) is 23.2. The molecular formula is C14H19F2NO3S. The molecule has 0 spiro atoms. The van der Waals surface area contributed by atoms with Gasteiger partial charge in [0.2, 0.25) is 9.84 Å². The molecule has 21 heavy (non-hydrogen) atoms. The highest BCUT2D eigenvalue weighted by Gasteiger charge is 2.29. The Morgan fingerprint density at radius 2 is 1.81 bits per heavy atom. The minimum Gasteiger partial charge on any atom is -0.393 e. The first kappa shape index (κ1) is 16.2. The number of rotatable bonds is 5. The predicted octanol–water partition coefficient (Wildman–Crippen LogP) is 2.65. The zero-order valence-corrected chi connectivity index (χ0v) is 12.3. The summed E-state index contributed by atoms with van der Waals surface area (Å²) in [4.78, 5) is -0.365. The van der Waals surface area contributed by atoms with Gasteiger partial charge in [0.1, 0.15) is 0 Å². The maximum absolute atomic E-state index is 12.7. The van der Waals surface area contributed by atoms with E-state index in [0.717, 1.165) is 25.7 Å². The quantitative estimate of drug-likeness (QED) is 0.875. The molecule has 4 nitrogen and oxygen atoms in total. The first-order valence-electron chi connectivity index (χ1n) is 6.94. The van der Waals surface area contributed by atoms with Crippen LogP contribution in [0, 0.1) is 5.92 Å². The van der Waals surface area contributed by atoms with Crippen molar-refractivity contribution >= 4 is 15.5 Å². The van der Waals surface area contributed by atoms with Crippen molar-refractivity contribution in [3.63, 3.8) is 0 Å². The Balaban J connectivity index is 2.07. The van der Waals surface area contributed by atoms with Gasteiger partial charge in [0, 0.05) is 6.54 Å². The smallest absolute Gasteiger partial charge is 0.341 e. The lowest BCUT2D eigenvalue weighted by Crippen LogP contribution is -2.24. The highest BCUT2D eigenvalue weighted by molar-refractivity contribution is 7.91. The van der Waals surface area contributed by atoms with Crippen LogP contribution < -0.4 is 5.32 Å². The van der Waals surface area contributed by atoms with Crippen LogP contribution in [0.5, 0.6) is 0 Å². The summed E-state index contributed by atoms with van der Waals surface area (Å²) in [5.74, 6) is -3.11. The molecule has 0 heterocycles. The van der Waals surface area contributed by atoms with E-state index in [2.05, 4.69) is 5.32 Å². The molecule has 0 amide bonds. The molecule has 7 heteroatoms. The third kappa shape index (κ3) is 3.91. The fraction of sp³-hybridized carbons (Fsp3) is 0.571. The molecule has 0 atom stereocenters. The maximum atomic E-state index is 12.7. The first-order chi connectivity index (χ1) is 9.91. The number of benzene rings is 1. The monoisotopic (exact) mass is 319 g/mol. The largest absolute Gasteiger partial charge is 0.393 e. The number of nitrogens with one attached hydrogen (secondary N) is 1. The first-order valence-corrected chi connectivity index (χ1v) is 8.49. The summed E-state index contributed by atoms with van der Waals surface area (Å²) in [5.41, 5.74) is 0.212. The lowest BCUT2D eigenvalue weighted by molar-refractivity contribution is 0.111. The van der Waals surface area contributed by atoms with Gasteiger partial charge in [0.25, 0.3) is 0 Å². The van der Waals surface area contributed by atoms with Gasteiger partial charge < -0.3 is 10.4 Å². The van der Waals surface area contributed by atoms with E-state index >= 15 is 0 Å². The van der Waals surface area contributed by atoms with E-state index in [9.17, 15) is 22.3 Å². The third-order valence-corrected chi connectivity index (χ3v) is 5.26. The Morgan fingerprint density at radius 1 is 1.19 bits per heavy atom. The standard InChI is InChI=1S/C14H19F2NO3S/c15-14(16)21(19,20)13-4-2-1-3-12(13)17-9-10-5-7-11(18)8-6-10/h1-4,10-11,14,17-18H,5-9H2. The van der Waals surface area contributed by atoms with E-state index in [0.29, 0.717) is 12.5 Å². The molecule has 2 N–H and O–H groups in total. The number of para-hydroxylation sites is 1. The van der Waals surface area contributed by atoms with Crippen LogP contribution in [0.3, 0.4) is 0 Å². The van der Waals surface area contributed by atoms with Crippen LogP contribution in [0.15, 0.2) is 29.2 Å².